The van der Waals surface area contributed by atoms with E-state index in [9.17, 15) is 9.59 Å². The maximum Gasteiger partial charge on any atom is 0.266 e. The summed E-state index contributed by atoms with van der Waals surface area (Å²) in [5.74, 6) is -0.223. The Morgan fingerprint density at radius 1 is 1.06 bits per heavy atom. The summed E-state index contributed by atoms with van der Waals surface area (Å²) >= 11 is 1.23. The van der Waals surface area contributed by atoms with Gasteiger partial charge in [0, 0.05) is 5.69 Å². The van der Waals surface area contributed by atoms with E-state index in [1.807, 2.05) is 44.2 Å². The highest BCUT2D eigenvalue weighted by Crippen LogP contribution is 2.26. The van der Waals surface area contributed by atoms with Gasteiger partial charge in [-0.25, -0.2) is 4.98 Å². The van der Waals surface area contributed by atoms with Gasteiger partial charge in [0.05, 0.1) is 33.5 Å². The van der Waals surface area contributed by atoms with Crippen LogP contribution in [0.15, 0.2) is 76.7 Å². The molecule has 0 saturated carbocycles. The molecule has 0 spiro atoms. The van der Waals surface area contributed by atoms with Crippen LogP contribution in [0.2, 0.25) is 0 Å². The Kier molecular flexibility index (Phi) is 6.29. The summed E-state index contributed by atoms with van der Waals surface area (Å²) in [5.41, 5.74) is 4.33. The number of aromatic nitrogens is 2. The molecule has 4 rings (SSSR count). The molecule has 3 aromatic carbocycles. The largest absolute Gasteiger partial charge is 0.325 e. The number of rotatable bonds is 5. The van der Waals surface area contributed by atoms with E-state index in [0.29, 0.717) is 27.3 Å². The van der Waals surface area contributed by atoms with E-state index in [0.717, 1.165) is 16.8 Å². The number of nitrogens with one attached hydrogen (secondary N) is 1. The fourth-order valence-corrected chi connectivity index (χ4v) is 4.51. The molecule has 4 aromatic rings. The second-order valence-corrected chi connectivity index (χ2v) is 9.14. The first-order chi connectivity index (χ1) is 15.9. The van der Waals surface area contributed by atoms with Gasteiger partial charge in [-0.2, -0.15) is 5.26 Å². The first kappa shape index (κ1) is 22.3. The highest BCUT2D eigenvalue weighted by molar-refractivity contribution is 8.00. The number of nitriles is 1. The Labute approximate surface area is 195 Å². The molecule has 1 unspecified atom stereocenters. The Morgan fingerprint density at radius 3 is 2.39 bits per heavy atom. The van der Waals surface area contributed by atoms with Crippen LogP contribution >= 0.6 is 11.8 Å². The van der Waals surface area contributed by atoms with Crippen molar-refractivity contribution in [1.82, 2.24) is 9.55 Å². The minimum absolute atomic E-state index is 0.173. The van der Waals surface area contributed by atoms with Crippen molar-refractivity contribution < 1.29 is 4.79 Å². The van der Waals surface area contributed by atoms with E-state index in [-0.39, 0.29) is 11.5 Å². The number of hydrogen-bond acceptors (Lipinski definition) is 5. The normalized spacial score (nSPS) is 11.7. The number of hydrogen-bond donors (Lipinski definition) is 1. The van der Waals surface area contributed by atoms with Crippen LogP contribution in [-0.2, 0) is 4.79 Å². The van der Waals surface area contributed by atoms with E-state index in [1.54, 1.807) is 47.9 Å². The number of anilines is 1. The van der Waals surface area contributed by atoms with Crippen LogP contribution in [0.1, 0.15) is 23.6 Å². The molecule has 0 aliphatic rings. The van der Waals surface area contributed by atoms with Gasteiger partial charge < -0.3 is 5.32 Å². The zero-order chi connectivity index (χ0) is 23.5. The van der Waals surface area contributed by atoms with Crippen molar-refractivity contribution in [1.29, 1.82) is 5.26 Å². The molecule has 1 aromatic heterocycles. The third-order valence-corrected chi connectivity index (χ3v) is 6.19. The number of amides is 1. The molecule has 1 atom stereocenters. The van der Waals surface area contributed by atoms with Crippen molar-refractivity contribution in [3.8, 4) is 11.8 Å². The molecule has 0 aliphatic carbocycles. The lowest BCUT2D eigenvalue weighted by atomic mass is 10.1. The Morgan fingerprint density at radius 2 is 1.73 bits per heavy atom. The topological polar surface area (TPSA) is 87.8 Å². The van der Waals surface area contributed by atoms with E-state index < -0.39 is 5.25 Å². The molecule has 6 nitrogen and oxygen atoms in total. The third kappa shape index (κ3) is 4.81. The van der Waals surface area contributed by atoms with Gasteiger partial charge >= 0.3 is 0 Å². The monoisotopic (exact) mass is 454 g/mol. The van der Waals surface area contributed by atoms with Crippen molar-refractivity contribution in [2.75, 3.05) is 5.32 Å². The zero-order valence-corrected chi connectivity index (χ0v) is 19.3. The molecule has 1 amide bonds. The number of carbonyl (C=O) groups is 1. The molecule has 1 heterocycles. The van der Waals surface area contributed by atoms with Crippen molar-refractivity contribution in [2.24, 2.45) is 0 Å². The molecule has 33 heavy (non-hydrogen) atoms. The average molecular weight is 455 g/mol. The van der Waals surface area contributed by atoms with Crippen LogP contribution in [-0.4, -0.2) is 20.7 Å². The molecule has 0 aliphatic heterocycles. The number of thioether (sulfide) groups is 1. The van der Waals surface area contributed by atoms with Crippen LogP contribution in [0.3, 0.4) is 0 Å². The fraction of sp³-hybridized carbons (Fsp3) is 0.154. The minimum Gasteiger partial charge on any atom is -0.325 e. The highest BCUT2D eigenvalue weighted by atomic mass is 32.2. The smallest absolute Gasteiger partial charge is 0.266 e. The second kappa shape index (κ2) is 9.31. The van der Waals surface area contributed by atoms with Crippen LogP contribution in [0.5, 0.6) is 0 Å². The van der Waals surface area contributed by atoms with Crippen molar-refractivity contribution in [2.45, 2.75) is 31.2 Å². The first-order valence-electron chi connectivity index (χ1n) is 10.4. The maximum atomic E-state index is 13.5. The van der Waals surface area contributed by atoms with Gasteiger partial charge in [-0.05, 0) is 80.4 Å². The number of benzene rings is 3. The van der Waals surface area contributed by atoms with E-state index in [4.69, 9.17) is 10.2 Å². The Hall–Kier alpha value is -3.89. The summed E-state index contributed by atoms with van der Waals surface area (Å²) in [7, 11) is 0. The second-order valence-electron chi connectivity index (χ2n) is 7.84. The lowest BCUT2D eigenvalue weighted by Gasteiger charge is -2.17. The van der Waals surface area contributed by atoms with Gasteiger partial charge in [-0.3, -0.25) is 14.2 Å². The Balaban J connectivity index is 1.72. The molecule has 0 radical (unpaired) electrons. The Bertz CT molecular complexity index is 1430. The number of carbonyl (C=O) groups excluding carboxylic acids is 1. The average Bonchev–Trinajstić information content (AvgIpc) is 2.79. The molecular formula is C26H22N4O2S. The molecule has 1 N–H and O–H groups in total. The van der Waals surface area contributed by atoms with Gasteiger partial charge in [0.15, 0.2) is 5.16 Å². The maximum absolute atomic E-state index is 13.5. The quantitative estimate of drug-likeness (QED) is 0.339. The molecule has 0 saturated heterocycles. The van der Waals surface area contributed by atoms with Crippen LogP contribution in [0.4, 0.5) is 5.69 Å². The van der Waals surface area contributed by atoms with E-state index >= 15 is 0 Å². The SMILES string of the molecule is Cc1cc(C)cc(-n2c(SC(C)C(=O)Nc3ccc(C#N)cc3)nc3ccccc3c2=O)c1. The summed E-state index contributed by atoms with van der Waals surface area (Å²) in [4.78, 5) is 31.1. The fourth-order valence-electron chi connectivity index (χ4n) is 3.58. The van der Waals surface area contributed by atoms with Crippen molar-refractivity contribution in [3.63, 3.8) is 0 Å². The van der Waals surface area contributed by atoms with Crippen LogP contribution in [0, 0.1) is 25.2 Å². The standard InChI is InChI=1S/C26H22N4O2S/c1-16-12-17(2)14-21(13-16)30-25(32)22-6-4-5-7-23(22)29-26(30)33-18(3)24(31)28-20-10-8-19(15-27)9-11-20/h4-14,18H,1-3H3,(H,28,31). The third-order valence-electron chi connectivity index (χ3n) is 5.14. The first-order valence-corrected chi connectivity index (χ1v) is 11.3. The minimum atomic E-state index is -0.522. The van der Waals surface area contributed by atoms with Crippen LogP contribution in [0.25, 0.3) is 16.6 Å². The van der Waals surface area contributed by atoms with Gasteiger partial charge in [0.2, 0.25) is 5.91 Å². The predicted octanol–water partition coefficient (Wildman–Crippen LogP) is 4.99. The summed E-state index contributed by atoms with van der Waals surface area (Å²) in [5, 5.41) is 12.2. The van der Waals surface area contributed by atoms with E-state index in [1.165, 1.54) is 11.8 Å². The van der Waals surface area contributed by atoms with Crippen molar-refractivity contribution in [3.05, 3.63) is 93.8 Å². The lowest BCUT2D eigenvalue weighted by Crippen LogP contribution is -2.26. The van der Waals surface area contributed by atoms with Gasteiger partial charge in [-0.15, -0.1) is 0 Å². The number of nitrogens with zero attached hydrogens (tertiary/aromatic N) is 3. The summed E-state index contributed by atoms with van der Waals surface area (Å²) in [6.07, 6.45) is 0. The molecular weight excluding hydrogens is 432 g/mol. The lowest BCUT2D eigenvalue weighted by molar-refractivity contribution is -0.115. The molecule has 164 valence electrons. The molecule has 0 fully saturated rings. The predicted molar refractivity (Wildman–Crippen MR) is 132 cm³/mol. The number of para-hydroxylation sites is 1. The highest BCUT2D eigenvalue weighted by Gasteiger charge is 2.20. The zero-order valence-electron chi connectivity index (χ0n) is 18.5. The van der Waals surface area contributed by atoms with Gasteiger partial charge in [0.1, 0.15) is 0 Å². The van der Waals surface area contributed by atoms with Crippen molar-refractivity contribution >= 4 is 34.3 Å². The van der Waals surface area contributed by atoms with E-state index in [2.05, 4.69) is 11.4 Å². The molecule has 0 bridgehead atoms. The van der Waals surface area contributed by atoms with Crippen LogP contribution < -0.4 is 10.9 Å². The summed E-state index contributed by atoms with van der Waals surface area (Å²) < 4.78 is 1.58. The number of fused-ring (bicyclic) bond motifs is 1. The van der Waals surface area contributed by atoms with Gasteiger partial charge in [-0.1, -0.05) is 30.0 Å². The number of aryl methyl sites for hydroxylation is 2. The summed E-state index contributed by atoms with van der Waals surface area (Å²) in [6, 6.07) is 21.9. The molecule has 7 heteroatoms. The summed E-state index contributed by atoms with van der Waals surface area (Å²) in [6.45, 7) is 5.74. The van der Waals surface area contributed by atoms with Gasteiger partial charge in [0.25, 0.3) is 5.56 Å².